The number of H-pyrrole nitrogens is 1. The zero-order valence-electron chi connectivity index (χ0n) is 14.0. The minimum atomic E-state index is -3.97. The minimum absolute atomic E-state index is 0.0245. The molecule has 0 aliphatic carbocycles. The number of rotatable bonds is 5. The van der Waals surface area contributed by atoms with Crippen LogP contribution < -0.4 is 9.46 Å². The smallest absolute Gasteiger partial charge is 0.434 e. The Balaban J connectivity index is 2.13. The van der Waals surface area contributed by atoms with Crippen LogP contribution in [0.5, 0.6) is 5.88 Å². The Kier molecular flexibility index (Phi) is 5.50. The zero-order valence-corrected chi connectivity index (χ0v) is 16.3. The Labute approximate surface area is 165 Å². The van der Waals surface area contributed by atoms with Crippen molar-refractivity contribution in [1.82, 2.24) is 4.98 Å². The Bertz CT molecular complexity index is 1100. The number of hydrogen-bond acceptors (Lipinski definition) is 5. The van der Waals surface area contributed by atoms with E-state index in [4.69, 9.17) is 32.7 Å². The van der Waals surface area contributed by atoms with Crippen molar-refractivity contribution >= 4 is 56.0 Å². The number of aromatic nitrogens is 1. The summed E-state index contributed by atoms with van der Waals surface area (Å²) in [5.74, 6) is -0.160. The second-order valence-corrected chi connectivity index (χ2v) is 7.87. The standard InChI is InChI=1S/C17H14Cl2N2O5S/c1-2-25-17(22)26-16-15(14-12(19)8-10(18)9-13(14)20-16)21-27(23,24)11-6-4-3-5-7-11/h3-9,20-21H,2H2,1H3. The minimum Gasteiger partial charge on any atom is -0.434 e. The molecule has 2 aromatic carbocycles. The number of carbonyl (C=O) groups excluding carboxylic acids is 1. The van der Waals surface area contributed by atoms with Crippen LogP contribution in [0.3, 0.4) is 0 Å². The SMILES string of the molecule is CCOC(=O)Oc1[nH]c2cc(Cl)cc(Cl)c2c1NS(=O)(=O)c1ccccc1. The normalized spacial score (nSPS) is 11.4. The topological polar surface area (TPSA) is 97.5 Å². The van der Waals surface area contributed by atoms with E-state index < -0.39 is 16.2 Å². The van der Waals surface area contributed by atoms with E-state index in [1.54, 1.807) is 25.1 Å². The molecule has 0 amide bonds. The second kappa shape index (κ2) is 7.67. The average Bonchev–Trinajstić information content (AvgIpc) is 2.92. The summed E-state index contributed by atoms with van der Waals surface area (Å²) in [7, 11) is -3.97. The lowest BCUT2D eigenvalue weighted by atomic mass is 10.2. The molecule has 1 aromatic heterocycles. The van der Waals surface area contributed by atoms with E-state index in [0.29, 0.717) is 15.9 Å². The highest BCUT2D eigenvalue weighted by molar-refractivity contribution is 7.92. The number of hydrogen-bond donors (Lipinski definition) is 2. The van der Waals surface area contributed by atoms with Gasteiger partial charge in [0.05, 0.1) is 22.0 Å². The van der Waals surface area contributed by atoms with Gasteiger partial charge in [-0.2, -0.15) is 0 Å². The third-order valence-electron chi connectivity index (χ3n) is 3.52. The van der Waals surface area contributed by atoms with E-state index in [9.17, 15) is 13.2 Å². The maximum Gasteiger partial charge on any atom is 0.515 e. The monoisotopic (exact) mass is 428 g/mol. The molecule has 7 nitrogen and oxygen atoms in total. The molecule has 0 saturated heterocycles. The van der Waals surface area contributed by atoms with E-state index >= 15 is 0 Å². The van der Waals surface area contributed by atoms with E-state index in [2.05, 4.69) is 9.71 Å². The van der Waals surface area contributed by atoms with Gasteiger partial charge in [-0.3, -0.25) is 4.72 Å². The van der Waals surface area contributed by atoms with Crippen LogP contribution in [0.2, 0.25) is 10.0 Å². The van der Waals surface area contributed by atoms with Gasteiger partial charge in [-0.15, -0.1) is 0 Å². The molecule has 0 aliphatic heterocycles. The maximum absolute atomic E-state index is 12.7. The summed E-state index contributed by atoms with van der Waals surface area (Å²) >= 11 is 12.2. The van der Waals surface area contributed by atoms with E-state index in [-0.39, 0.29) is 28.1 Å². The van der Waals surface area contributed by atoms with Gasteiger partial charge in [0.1, 0.15) is 5.69 Å². The van der Waals surface area contributed by atoms with Crippen molar-refractivity contribution in [3.8, 4) is 5.88 Å². The third kappa shape index (κ3) is 4.13. The molecule has 0 fully saturated rings. The fourth-order valence-corrected chi connectivity index (χ4v) is 4.11. The lowest BCUT2D eigenvalue weighted by Gasteiger charge is -2.10. The number of ether oxygens (including phenoxy) is 2. The van der Waals surface area contributed by atoms with E-state index in [1.807, 2.05) is 0 Å². The Morgan fingerprint density at radius 2 is 1.89 bits per heavy atom. The fourth-order valence-electron chi connectivity index (χ4n) is 2.42. The first-order valence-electron chi connectivity index (χ1n) is 7.75. The van der Waals surface area contributed by atoms with Gasteiger partial charge in [0.2, 0.25) is 5.88 Å². The number of halogens is 2. The van der Waals surface area contributed by atoms with Gasteiger partial charge in [-0.25, -0.2) is 13.2 Å². The highest BCUT2D eigenvalue weighted by Gasteiger charge is 2.24. The number of nitrogens with one attached hydrogen (secondary N) is 2. The Morgan fingerprint density at radius 3 is 2.56 bits per heavy atom. The van der Waals surface area contributed by atoms with E-state index in [1.165, 1.54) is 24.3 Å². The lowest BCUT2D eigenvalue weighted by Crippen LogP contribution is -2.15. The van der Waals surface area contributed by atoms with Gasteiger partial charge in [0, 0.05) is 10.4 Å². The molecule has 0 saturated carbocycles. The molecule has 1 heterocycles. The molecule has 0 aliphatic rings. The van der Waals surface area contributed by atoms with Crippen molar-refractivity contribution in [2.45, 2.75) is 11.8 Å². The van der Waals surface area contributed by atoms with Crippen LogP contribution in [0.25, 0.3) is 10.9 Å². The Hall–Kier alpha value is -2.42. The van der Waals surface area contributed by atoms with Crippen LogP contribution in [-0.2, 0) is 14.8 Å². The summed E-state index contributed by atoms with van der Waals surface area (Å²) in [5.41, 5.74) is 0.362. The predicted octanol–water partition coefficient (Wildman–Crippen LogP) is 4.81. The van der Waals surface area contributed by atoms with Crippen molar-refractivity contribution < 1.29 is 22.7 Å². The third-order valence-corrected chi connectivity index (χ3v) is 5.40. The molecule has 3 aromatic rings. The fraction of sp³-hybridized carbons (Fsp3) is 0.118. The van der Waals surface area contributed by atoms with Crippen molar-refractivity contribution in [1.29, 1.82) is 0 Å². The molecule has 0 radical (unpaired) electrons. The molecule has 3 rings (SSSR count). The molecule has 2 N–H and O–H groups in total. The maximum atomic E-state index is 12.7. The summed E-state index contributed by atoms with van der Waals surface area (Å²) in [4.78, 5) is 14.6. The highest BCUT2D eigenvalue weighted by atomic mass is 35.5. The van der Waals surface area contributed by atoms with Crippen molar-refractivity contribution in [3.05, 3.63) is 52.5 Å². The zero-order chi connectivity index (χ0) is 19.6. The van der Waals surface area contributed by atoms with E-state index in [0.717, 1.165) is 0 Å². The number of benzene rings is 2. The first-order valence-corrected chi connectivity index (χ1v) is 9.99. The summed E-state index contributed by atoms with van der Waals surface area (Å²) in [6.45, 7) is 1.71. The number of fused-ring (bicyclic) bond motifs is 1. The molecular weight excluding hydrogens is 415 g/mol. The number of aromatic amines is 1. The van der Waals surface area contributed by atoms with Gasteiger partial charge >= 0.3 is 6.16 Å². The Morgan fingerprint density at radius 1 is 1.19 bits per heavy atom. The first kappa shape index (κ1) is 19.3. The summed E-state index contributed by atoms with van der Waals surface area (Å²) in [6, 6.07) is 10.7. The van der Waals surface area contributed by atoms with Crippen LogP contribution in [0.15, 0.2) is 47.4 Å². The molecular formula is C17H14Cl2N2O5S. The molecule has 0 bridgehead atoms. The van der Waals surface area contributed by atoms with Gasteiger partial charge in [-0.05, 0) is 31.2 Å². The van der Waals surface area contributed by atoms with Crippen LogP contribution in [-0.4, -0.2) is 26.2 Å². The first-order chi connectivity index (χ1) is 12.8. The quantitative estimate of drug-likeness (QED) is 0.568. The number of anilines is 1. The van der Waals surface area contributed by atoms with Crippen molar-refractivity contribution in [3.63, 3.8) is 0 Å². The van der Waals surface area contributed by atoms with Gasteiger partial charge in [0.15, 0.2) is 0 Å². The predicted molar refractivity (Wildman–Crippen MR) is 103 cm³/mol. The molecule has 27 heavy (non-hydrogen) atoms. The molecule has 0 atom stereocenters. The largest absolute Gasteiger partial charge is 0.515 e. The van der Waals surface area contributed by atoms with Crippen LogP contribution in [0.4, 0.5) is 10.5 Å². The van der Waals surface area contributed by atoms with Gasteiger partial charge < -0.3 is 14.5 Å². The molecule has 0 spiro atoms. The lowest BCUT2D eigenvalue weighted by molar-refractivity contribution is 0.103. The van der Waals surface area contributed by atoms with Gasteiger partial charge in [-0.1, -0.05) is 41.4 Å². The van der Waals surface area contributed by atoms with Crippen LogP contribution >= 0.6 is 23.2 Å². The number of carbonyl (C=O) groups is 1. The summed E-state index contributed by atoms with van der Waals surface area (Å²) in [6.07, 6.45) is -0.994. The van der Waals surface area contributed by atoms with Crippen LogP contribution in [0.1, 0.15) is 6.92 Å². The van der Waals surface area contributed by atoms with Crippen molar-refractivity contribution in [2.24, 2.45) is 0 Å². The molecule has 0 unspecified atom stereocenters. The second-order valence-electron chi connectivity index (χ2n) is 5.34. The number of sulfonamides is 1. The van der Waals surface area contributed by atoms with Gasteiger partial charge in [0.25, 0.3) is 10.0 Å². The van der Waals surface area contributed by atoms with Crippen LogP contribution in [0, 0.1) is 0 Å². The summed E-state index contributed by atoms with van der Waals surface area (Å²) < 4.78 is 37.7. The molecule has 142 valence electrons. The summed E-state index contributed by atoms with van der Waals surface area (Å²) in [5, 5.41) is 0.812. The molecule has 10 heteroatoms. The van der Waals surface area contributed by atoms with Crippen molar-refractivity contribution in [2.75, 3.05) is 11.3 Å². The average molecular weight is 429 g/mol. The highest BCUT2D eigenvalue weighted by Crippen LogP contribution is 2.40.